The summed E-state index contributed by atoms with van der Waals surface area (Å²) >= 11 is 7.35. The van der Waals surface area contributed by atoms with Gasteiger partial charge in [-0.1, -0.05) is 22.9 Å². The van der Waals surface area contributed by atoms with E-state index in [-0.39, 0.29) is 13.2 Å². The van der Waals surface area contributed by atoms with E-state index in [4.69, 9.17) is 25.8 Å². The first kappa shape index (κ1) is 20.9. The molecule has 0 N–H and O–H groups in total. The lowest BCUT2D eigenvalue weighted by Crippen LogP contribution is -2.23. The highest BCUT2D eigenvalue weighted by molar-refractivity contribution is 7.16. The molecule has 7 nitrogen and oxygen atoms in total. The Morgan fingerprint density at radius 3 is 2.41 bits per heavy atom. The fourth-order valence-corrected chi connectivity index (χ4v) is 4.01. The van der Waals surface area contributed by atoms with E-state index in [2.05, 4.69) is 4.99 Å². The second-order valence-corrected chi connectivity index (χ2v) is 7.35. The fraction of sp³-hybridized carbons (Fsp3) is 0.250. The number of fused-ring (bicyclic) bond motifs is 1. The van der Waals surface area contributed by atoms with Crippen LogP contribution in [0.2, 0.25) is 5.02 Å². The van der Waals surface area contributed by atoms with Gasteiger partial charge in [0.15, 0.2) is 4.80 Å². The molecule has 0 atom stereocenters. The van der Waals surface area contributed by atoms with Crippen molar-refractivity contribution in [2.24, 2.45) is 4.99 Å². The molecule has 0 bridgehead atoms. The maximum Gasteiger partial charge on any atom is 0.326 e. The minimum atomic E-state index is -0.488. The molecule has 0 fully saturated rings. The molecule has 3 aromatic rings. The number of carbonyl (C=O) groups excluding carboxylic acids is 2. The van der Waals surface area contributed by atoms with Crippen molar-refractivity contribution in [3.63, 3.8) is 0 Å². The molecule has 0 aliphatic carbocycles. The van der Waals surface area contributed by atoms with E-state index in [0.717, 1.165) is 10.2 Å². The summed E-state index contributed by atoms with van der Waals surface area (Å²) in [6.07, 6.45) is 0. The number of aromatic nitrogens is 1. The number of methoxy groups -OCH3 is 2. The molecule has 0 saturated carbocycles. The zero-order chi connectivity index (χ0) is 21.0. The second kappa shape index (κ2) is 9.11. The lowest BCUT2D eigenvalue weighted by molar-refractivity contribution is -0.143. The average Bonchev–Trinajstić information content (AvgIpc) is 3.03. The van der Waals surface area contributed by atoms with E-state index in [9.17, 15) is 9.59 Å². The number of ether oxygens (including phenoxy) is 3. The third-order valence-corrected chi connectivity index (χ3v) is 5.31. The fourth-order valence-electron chi connectivity index (χ4n) is 2.70. The molecule has 1 amide bonds. The summed E-state index contributed by atoms with van der Waals surface area (Å²) < 4.78 is 17.9. The normalized spacial score (nSPS) is 11.5. The zero-order valence-electron chi connectivity index (χ0n) is 16.1. The van der Waals surface area contributed by atoms with Crippen LogP contribution in [0.25, 0.3) is 10.2 Å². The lowest BCUT2D eigenvalue weighted by Gasteiger charge is -2.07. The van der Waals surface area contributed by atoms with Crippen LogP contribution in [0.3, 0.4) is 0 Å². The van der Waals surface area contributed by atoms with Gasteiger partial charge in [0.05, 0.1) is 31.0 Å². The standard InChI is InChI=1S/C20H19ClN2O5S/c1-4-28-18(24)11-23-16-6-5-13(21)9-17(16)29-20(23)22-19(25)12-7-14(26-2)10-15(8-12)27-3/h5-10H,4,11H2,1-3H3. The Hall–Kier alpha value is -2.84. The van der Waals surface area contributed by atoms with Gasteiger partial charge >= 0.3 is 5.97 Å². The number of benzene rings is 2. The molecule has 3 rings (SSSR count). The monoisotopic (exact) mass is 434 g/mol. The van der Waals surface area contributed by atoms with Gasteiger partial charge < -0.3 is 18.8 Å². The van der Waals surface area contributed by atoms with Crippen LogP contribution in [0.15, 0.2) is 41.4 Å². The lowest BCUT2D eigenvalue weighted by atomic mass is 10.2. The summed E-state index contributed by atoms with van der Waals surface area (Å²) in [5, 5.41) is 0.553. The van der Waals surface area contributed by atoms with Crippen LogP contribution in [0.5, 0.6) is 11.5 Å². The number of esters is 1. The van der Waals surface area contributed by atoms with Crippen molar-refractivity contribution in [2.45, 2.75) is 13.5 Å². The predicted octanol–water partition coefficient (Wildman–Crippen LogP) is 3.68. The Bertz CT molecular complexity index is 1110. The van der Waals surface area contributed by atoms with Crippen LogP contribution in [-0.2, 0) is 16.1 Å². The molecule has 1 heterocycles. The molecule has 0 unspecified atom stereocenters. The summed E-state index contributed by atoms with van der Waals surface area (Å²) in [6.45, 7) is 1.93. The largest absolute Gasteiger partial charge is 0.497 e. The van der Waals surface area contributed by atoms with E-state index in [1.165, 1.54) is 25.6 Å². The van der Waals surface area contributed by atoms with Crippen LogP contribution in [0.4, 0.5) is 0 Å². The van der Waals surface area contributed by atoms with Crippen LogP contribution in [-0.4, -0.2) is 37.3 Å². The molecule has 0 radical (unpaired) electrons. The summed E-state index contributed by atoms with van der Waals surface area (Å²) in [7, 11) is 3.01. The predicted molar refractivity (Wildman–Crippen MR) is 111 cm³/mol. The number of nitrogens with zero attached hydrogens (tertiary/aromatic N) is 2. The van der Waals surface area contributed by atoms with E-state index < -0.39 is 11.9 Å². The highest BCUT2D eigenvalue weighted by Crippen LogP contribution is 2.24. The summed E-state index contributed by atoms with van der Waals surface area (Å²) in [5.74, 6) is 0.0485. The van der Waals surface area contributed by atoms with Gasteiger partial charge in [-0.2, -0.15) is 4.99 Å². The molecule has 0 aliphatic rings. The van der Waals surface area contributed by atoms with Crippen molar-refractivity contribution in [3.05, 3.63) is 51.8 Å². The van der Waals surface area contributed by atoms with Crippen LogP contribution < -0.4 is 14.3 Å². The van der Waals surface area contributed by atoms with Crippen LogP contribution in [0, 0.1) is 0 Å². The van der Waals surface area contributed by atoms with E-state index in [0.29, 0.717) is 26.9 Å². The Morgan fingerprint density at radius 1 is 1.10 bits per heavy atom. The van der Waals surface area contributed by atoms with Crippen molar-refractivity contribution >= 4 is 45.0 Å². The topological polar surface area (TPSA) is 79.1 Å². The number of amides is 1. The van der Waals surface area contributed by atoms with Crippen molar-refractivity contribution < 1.29 is 23.8 Å². The number of carbonyl (C=O) groups is 2. The number of halogens is 1. The van der Waals surface area contributed by atoms with Crippen molar-refractivity contribution in [3.8, 4) is 11.5 Å². The molecule has 29 heavy (non-hydrogen) atoms. The molecular weight excluding hydrogens is 416 g/mol. The summed E-state index contributed by atoms with van der Waals surface area (Å²) in [4.78, 5) is 29.5. The van der Waals surface area contributed by atoms with Gasteiger partial charge in [0.25, 0.3) is 5.91 Å². The first-order chi connectivity index (χ1) is 13.9. The summed E-state index contributed by atoms with van der Waals surface area (Å²) in [6, 6.07) is 10.1. The minimum absolute atomic E-state index is 0.0665. The van der Waals surface area contributed by atoms with Crippen LogP contribution >= 0.6 is 22.9 Å². The first-order valence-electron chi connectivity index (χ1n) is 8.71. The zero-order valence-corrected chi connectivity index (χ0v) is 17.7. The molecule has 2 aromatic carbocycles. The van der Waals surface area contributed by atoms with Crippen molar-refractivity contribution in [1.29, 1.82) is 0 Å². The number of rotatable bonds is 6. The van der Waals surface area contributed by atoms with Crippen LogP contribution in [0.1, 0.15) is 17.3 Å². The number of hydrogen-bond acceptors (Lipinski definition) is 6. The Labute approximate surface area is 176 Å². The smallest absolute Gasteiger partial charge is 0.326 e. The Balaban J connectivity index is 2.11. The quantitative estimate of drug-likeness (QED) is 0.553. The molecule has 1 aromatic heterocycles. The van der Waals surface area contributed by atoms with E-state index >= 15 is 0 Å². The van der Waals surface area contributed by atoms with Gasteiger partial charge in [-0.3, -0.25) is 9.59 Å². The van der Waals surface area contributed by atoms with Gasteiger partial charge in [-0.25, -0.2) is 0 Å². The van der Waals surface area contributed by atoms with Gasteiger partial charge in [0.2, 0.25) is 0 Å². The van der Waals surface area contributed by atoms with Gasteiger partial charge in [-0.05, 0) is 37.3 Å². The average molecular weight is 435 g/mol. The highest BCUT2D eigenvalue weighted by atomic mass is 35.5. The SMILES string of the molecule is CCOC(=O)Cn1c(=NC(=O)c2cc(OC)cc(OC)c2)sc2cc(Cl)ccc21. The maximum absolute atomic E-state index is 12.8. The minimum Gasteiger partial charge on any atom is -0.497 e. The third-order valence-electron chi connectivity index (χ3n) is 4.03. The molecule has 0 aliphatic heterocycles. The third kappa shape index (κ3) is 4.78. The molecular formula is C20H19ClN2O5S. The first-order valence-corrected chi connectivity index (χ1v) is 9.91. The highest BCUT2D eigenvalue weighted by Gasteiger charge is 2.14. The summed E-state index contributed by atoms with van der Waals surface area (Å²) in [5.41, 5.74) is 1.04. The second-order valence-electron chi connectivity index (χ2n) is 5.91. The molecule has 152 valence electrons. The van der Waals surface area contributed by atoms with E-state index in [1.807, 2.05) is 0 Å². The van der Waals surface area contributed by atoms with E-state index in [1.54, 1.807) is 47.9 Å². The van der Waals surface area contributed by atoms with Crippen molar-refractivity contribution in [2.75, 3.05) is 20.8 Å². The molecule has 9 heteroatoms. The molecule has 0 spiro atoms. The Morgan fingerprint density at radius 2 is 1.79 bits per heavy atom. The van der Waals surface area contributed by atoms with Gasteiger partial charge in [0.1, 0.15) is 18.0 Å². The van der Waals surface area contributed by atoms with Crippen molar-refractivity contribution in [1.82, 2.24) is 4.57 Å². The maximum atomic E-state index is 12.8. The molecule has 0 saturated heterocycles. The van der Waals surface area contributed by atoms with Gasteiger partial charge in [-0.15, -0.1) is 0 Å². The number of hydrogen-bond donors (Lipinski definition) is 0. The Kier molecular flexibility index (Phi) is 6.56. The van der Waals surface area contributed by atoms with Gasteiger partial charge in [0, 0.05) is 16.7 Å². The number of thiazole rings is 1.